The van der Waals surface area contributed by atoms with Crippen LogP contribution in [0.15, 0.2) is 16.9 Å². The Balaban J connectivity index is 2.38. The first-order chi connectivity index (χ1) is 8.15. The SMILES string of the molecule is CSCC(CCO)NC(C)Cn1cc(Br)cn1. The number of aliphatic hydroxyl groups excluding tert-OH is 1. The lowest BCUT2D eigenvalue weighted by atomic mass is 10.2. The lowest BCUT2D eigenvalue weighted by molar-refractivity contribution is 0.262. The van der Waals surface area contributed by atoms with Crippen molar-refractivity contribution in [3.8, 4) is 0 Å². The van der Waals surface area contributed by atoms with E-state index in [9.17, 15) is 0 Å². The van der Waals surface area contributed by atoms with E-state index >= 15 is 0 Å². The molecule has 0 aliphatic carbocycles. The highest BCUT2D eigenvalue weighted by atomic mass is 79.9. The summed E-state index contributed by atoms with van der Waals surface area (Å²) in [5.41, 5.74) is 0. The predicted octanol–water partition coefficient (Wildman–Crippen LogP) is 1.74. The molecule has 6 heteroatoms. The van der Waals surface area contributed by atoms with Crippen LogP contribution in [0.25, 0.3) is 0 Å². The van der Waals surface area contributed by atoms with E-state index in [1.165, 1.54) is 0 Å². The Labute approximate surface area is 115 Å². The Morgan fingerprint density at radius 1 is 1.65 bits per heavy atom. The smallest absolute Gasteiger partial charge is 0.0632 e. The third-order valence-corrected chi connectivity index (χ3v) is 3.57. The molecule has 0 fully saturated rings. The molecule has 1 heterocycles. The van der Waals surface area contributed by atoms with Gasteiger partial charge in [0.2, 0.25) is 0 Å². The minimum Gasteiger partial charge on any atom is -0.396 e. The lowest BCUT2D eigenvalue weighted by Gasteiger charge is -2.22. The number of halogens is 1. The maximum atomic E-state index is 9.00. The minimum atomic E-state index is 0.234. The highest BCUT2D eigenvalue weighted by Gasteiger charge is 2.11. The van der Waals surface area contributed by atoms with Gasteiger partial charge in [0, 0.05) is 30.6 Å². The third kappa shape index (κ3) is 5.90. The molecule has 0 amide bonds. The minimum absolute atomic E-state index is 0.234. The van der Waals surface area contributed by atoms with E-state index in [1.54, 1.807) is 18.0 Å². The number of nitrogens with zero attached hydrogens (tertiary/aromatic N) is 2. The van der Waals surface area contributed by atoms with E-state index in [0.29, 0.717) is 12.1 Å². The molecule has 0 aromatic carbocycles. The quantitative estimate of drug-likeness (QED) is 0.765. The molecule has 2 unspecified atom stereocenters. The second-order valence-corrected chi connectivity index (χ2v) is 5.94. The largest absolute Gasteiger partial charge is 0.396 e. The van der Waals surface area contributed by atoms with Gasteiger partial charge in [0.25, 0.3) is 0 Å². The standard InChI is InChI=1S/C11H20BrN3OS/c1-9(6-15-7-10(12)5-13-15)14-11(3-4-16)8-17-2/h5,7,9,11,14,16H,3-4,6,8H2,1-2H3. The van der Waals surface area contributed by atoms with Crippen LogP contribution in [0.3, 0.4) is 0 Å². The van der Waals surface area contributed by atoms with Crippen LogP contribution in [-0.4, -0.2) is 45.6 Å². The summed E-state index contributed by atoms with van der Waals surface area (Å²) in [5.74, 6) is 1.02. The molecular formula is C11H20BrN3OS. The Kier molecular flexibility index (Phi) is 7.18. The highest BCUT2D eigenvalue weighted by molar-refractivity contribution is 9.10. The van der Waals surface area contributed by atoms with Crippen molar-refractivity contribution in [2.75, 3.05) is 18.6 Å². The maximum absolute atomic E-state index is 9.00. The second-order valence-electron chi connectivity index (χ2n) is 4.11. The average molecular weight is 322 g/mol. The number of hydrogen-bond donors (Lipinski definition) is 2. The first-order valence-electron chi connectivity index (χ1n) is 5.69. The number of nitrogens with one attached hydrogen (secondary N) is 1. The molecule has 1 aromatic heterocycles. The Morgan fingerprint density at radius 2 is 2.41 bits per heavy atom. The molecule has 98 valence electrons. The van der Waals surface area contributed by atoms with Crippen molar-refractivity contribution in [1.29, 1.82) is 0 Å². The van der Waals surface area contributed by atoms with Gasteiger partial charge in [-0.05, 0) is 35.5 Å². The first-order valence-corrected chi connectivity index (χ1v) is 7.88. The average Bonchev–Trinajstić information content (AvgIpc) is 2.64. The Morgan fingerprint density at radius 3 is 2.94 bits per heavy atom. The Bertz CT molecular complexity index is 315. The molecule has 0 radical (unpaired) electrons. The van der Waals surface area contributed by atoms with Crippen molar-refractivity contribution < 1.29 is 5.11 Å². The fourth-order valence-corrected chi connectivity index (χ4v) is 2.74. The van der Waals surface area contributed by atoms with Gasteiger partial charge in [-0.25, -0.2) is 0 Å². The van der Waals surface area contributed by atoms with Gasteiger partial charge in [-0.1, -0.05) is 0 Å². The Hall–Kier alpha value is -0.0400. The molecule has 0 aliphatic rings. The number of rotatable bonds is 8. The van der Waals surface area contributed by atoms with E-state index in [-0.39, 0.29) is 6.61 Å². The molecule has 2 atom stereocenters. The van der Waals surface area contributed by atoms with Gasteiger partial charge in [0.1, 0.15) is 0 Å². The molecule has 0 bridgehead atoms. The van der Waals surface area contributed by atoms with Crippen LogP contribution in [0.5, 0.6) is 0 Å². The van der Waals surface area contributed by atoms with Crippen LogP contribution in [0.4, 0.5) is 0 Å². The second kappa shape index (κ2) is 8.13. The topological polar surface area (TPSA) is 50.1 Å². The predicted molar refractivity (Wildman–Crippen MR) is 76.4 cm³/mol. The number of aliphatic hydroxyl groups is 1. The van der Waals surface area contributed by atoms with Gasteiger partial charge in [0.05, 0.1) is 17.2 Å². The summed E-state index contributed by atoms with van der Waals surface area (Å²) < 4.78 is 2.91. The van der Waals surface area contributed by atoms with E-state index in [4.69, 9.17) is 5.11 Å². The van der Waals surface area contributed by atoms with Gasteiger partial charge in [-0.15, -0.1) is 0 Å². The van der Waals surface area contributed by atoms with Crippen LogP contribution in [0.2, 0.25) is 0 Å². The fraction of sp³-hybridized carbons (Fsp3) is 0.727. The molecule has 17 heavy (non-hydrogen) atoms. The summed E-state index contributed by atoms with van der Waals surface area (Å²) in [6.45, 7) is 3.21. The molecule has 0 saturated heterocycles. The number of aromatic nitrogens is 2. The van der Waals surface area contributed by atoms with Crippen LogP contribution in [0.1, 0.15) is 13.3 Å². The maximum Gasteiger partial charge on any atom is 0.0632 e. The van der Waals surface area contributed by atoms with E-state index in [1.807, 2.05) is 10.9 Å². The monoisotopic (exact) mass is 321 g/mol. The summed E-state index contributed by atoms with van der Waals surface area (Å²) >= 11 is 5.18. The summed E-state index contributed by atoms with van der Waals surface area (Å²) in [5, 5.41) is 16.7. The number of hydrogen-bond acceptors (Lipinski definition) is 4. The lowest BCUT2D eigenvalue weighted by Crippen LogP contribution is -2.41. The van der Waals surface area contributed by atoms with Gasteiger partial charge in [0.15, 0.2) is 0 Å². The normalized spacial score (nSPS) is 14.8. The van der Waals surface area contributed by atoms with Crippen molar-refractivity contribution in [2.45, 2.75) is 32.0 Å². The van der Waals surface area contributed by atoms with Gasteiger partial charge < -0.3 is 10.4 Å². The van der Waals surface area contributed by atoms with Crippen molar-refractivity contribution in [3.05, 3.63) is 16.9 Å². The number of thioether (sulfide) groups is 1. The summed E-state index contributed by atoms with van der Waals surface area (Å²) in [6.07, 6.45) is 6.64. The highest BCUT2D eigenvalue weighted by Crippen LogP contribution is 2.07. The molecule has 0 spiro atoms. The molecule has 4 nitrogen and oxygen atoms in total. The molecule has 1 rings (SSSR count). The summed E-state index contributed by atoms with van der Waals surface area (Å²) in [6, 6.07) is 0.703. The van der Waals surface area contributed by atoms with E-state index in [0.717, 1.165) is 23.2 Å². The van der Waals surface area contributed by atoms with Crippen LogP contribution < -0.4 is 5.32 Å². The summed E-state index contributed by atoms with van der Waals surface area (Å²) in [7, 11) is 0. The summed E-state index contributed by atoms with van der Waals surface area (Å²) in [4.78, 5) is 0. The van der Waals surface area contributed by atoms with Gasteiger partial charge >= 0.3 is 0 Å². The zero-order chi connectivity index (χ0) is 12.7. The third-order valence-electron chi connectivity index (χ3n) is 2.43. The van der Waals surface area contributed by atoms with Crippen molar-refractivity contribution in [1.82, 2.24) is 15.1 Å². The van der Waals surface area contributed by atoms with Crippen LogP contribution >= 0.6 is 27.7 Å². The molecular weight excluding hydrogens is 302 g/mol. The van der Waals surface area contributed by atoms with Crippen LogP contribution in [0, 0.1) is 0 Å². The van der Waals surface area contributed by atoms with E-state index < -0.39 is 0 Å². The molecule has 1 aromatic rings. The van der Waals surface area contributed by atoms with Crippen molar-refractivity contribution in [2.24, 2.45) is 0 Å². The van der Waals surface area contributed by atoms with Crippen LogP contribution in [-0.2, 0) is 6.54 Å². The van der Waals surface area contributed by atoms with Gasteiger partial charge in [-0.3, -0.25) is 4.68 Å². The van der Waals surface area contributed by atoms with Gasteiger partial charge in [-0.2, -0.15) is 16.9 Å². The molecule has 0 saturated carbocycles. The zero-order valence-corrected chi connectivity index (χ0v) is 12.7. The molecule has 2 N–H and O–H groups in total. The fourth-order valence-electron chi connectivity index (χ4n) is 1.75. The van der Waals surface area contributed by atoms with E-state index in [2.05, 4.69) is 39.5 Å². The van der Waals surface area contributed by atoms with Crippen molar-refractivity contribution in [3.63, 3.8) is 0 Å². The first kappa shape index (κ1) is 15.0. The van der Waals surface area contributed by atoms with Crippen molar-refractivity contribution >= 4 is 27.7 Å². The molecule has 0 aliphatic heterocycles. The zero-order valence-electron chi connectivity index (χ0n) is 10.3.